The molecule has 6 heteroatoms. The van der Waals surface area contributed by atoms with Gasteiger partial charge in [-0.05, 0) is 6.92 Å². The molecule has 1 aromatic rings. The quantitative estimate of drug-likeness (QED) is 0.760. The second-order valence-corrected chi connectivity index (χ2v) is 3.44. The van der Waals surface area contributed by atoms with Crippen molar-refractivity contribution in [2.24, 2.45) is 0 Å². The molecular formula is C8H9NO4S. The third-order valence-corrected chi connectivity index (χ3v) is 2.51. The average molecular weight is 215 g/mol. The Morgan fingerprint density at radius 3 is 2.71 bits per heavy atom. The summed E-state index contributed by atoms with van der Waals surface area (Å²) in [5, 5.41) is 10.1. The van der Waals surface area contributed by atoms with Crippen molar-refractivity contribution < 1.29 is 19.4 Å². The summed E-state index contributed by atoms with van der Waals surface area (Å²) in [7, 11) is 1.41. The van der Waals surface area contributed by atoms with Crippen LogP contribution in [0.3, 0.4) is 0 Å². The van der Waals surface area contributed by atoms with Crippen LogP contribution in [0.25, 0.3) is 0 Å². The highest BCUT2D eigenvalue weighted by Crippen LogP contribution is 2.12. The van der Waals surface area contributed by atoms with E-state index >= 15 is 0 Å². The Balaban J connectivity index is 2.87. The van der Waals surface area contributed by atoms with Crippen LogP contribution in [0, 0.1) is 0 Å². The summed E-state index contributed by atoms with van der Waals surface area (Å²) in [4.78, 5) is 25.6. The van der Waals surface area contributed by atoms with Crippen molar-refractivity contribution in [2.45, 2.75) is 13.0 Å². The number of nitrogens with zero attached hydrogens (tertiary/aromatic N) is 1. The molecule has 0 saturated heterocycles. The molecule has 1 rings (SSSR count). The van der Waals surface area contributed by atoms with E-state index in [1.807, 2.05) is 0 Å². The molecule has 0 radical (unpaired) electrons. The highest BCUT2D eigenvalue weighted by Gasteiger charge is 2.19. The number of methoxy groups -OCH3 is 1. The van der Waals surface area contributed by atoms with Gasteiger partial charge in [0, 0.05) is 12.5 Å². The van der Waals surface area contributed by atoms with Gasteiger partial charge in [0.2, 0.25) is 5.78 Å². The molecule has 1 atom stereocenters. The SMILES string of the molecule is COC(C)C(=O)c1nc(C(=O)O)cs1. The summed E-state index contributed by atoms with van der Waals surface area (Å²) < 4.78 is 4.81. The van der Waals surface area contributed by atoms with Crippen LogP contribution < -0.4 is 0 Å². The van der Waals surface area contributed by atoms with Gasteiger partial charge in [-0.15, -0.1) is 11.3 Å². The van der Waals surface area contributed by atoms with Gasteiger partial charge in [-0.2, -0.15) is 0 Å². The number of ether oxygens (including phenoxy) is 1. The second kappa shape index (κ2) is 4.30. The summed E-state index contributed by atoms with van der Waals surface area (Å²) in [6.07, 6.45) is -0.595. The molecule has 76 valence electrons. The maximum absolute atomic E-state index is 11.4. The predicted octanol–water partition coefficient (Wildman–Crippen LogP) is 1.06. The van der Waals surface area contributed by atoms with Gasteiger partial charge >= 0.3 is 5.97 Å². The number of aromatic carboxylic acids is 1. The topological polar surface area (TPSA) is 76.5 Å². The van der Waals surface area contributed by atoms with Crippen molar-refractivity contribution in [2.75, 3.05) is 7.11 Å². The molecule has 0 aromatic carbocycles. The molecule has 0 spiro atoms. The van der Waals surface area contributed by atoms with E-state index in [1.165, 1.54) is 12.5 Å². The van der Waals surface area contributed by atoms with Gasteiger partial charge in [-0.3, -0.25) is 4.79 Å². The minimum absolute atomic E-state index is 0.110. The van der Waals surface area contributed by atoms with Crippen molar-refractivity contribution in [3.8, 4) is 0 Å². The Hall–Kier alpha value is -1.27. The van der Waals surface area contributed by atoms with Gasteiger partial charge in [0.05, 0.1) is 0 Å². The van der Waals surface area contributed by atoms with Crippen LogP contribution in [-0.4, -0.2) is 35.1 Å². The first-order valence-electron chi connectivity index (χ1n) is 3.82. The number of rotatable bonds is 4. The monoisotopic (exact) mass is 215 g/mol. The van der Waals surface area contributed by atoms with Crippen molar-refractivity contribution in [3.05, 3.63) is 16.1 Å². The number of ketones is 1. The van der Waals surface area contributed by atoms with Crippen molar-refractivity contribution in [1.29, 1.82) is 0 Å². The van der Waals surface area contributed by atoms with E-state index in [4.69, 9.17) is 9.84 Å². The van der Waals surface area contributed by atoms with E-state index in [0.29, 0.717) is 0 Å². The van der Waals surface area contributed by atoms with Crippen LogP contribution in [0.15, 0.2) is 5.38 Å². The van der Waals surface area contributed by atoms with Gasteiger partial charge < -0.3 is 9.84 Å². The molecule has 1 heterocycles. The lowest BCUT2D eigenvalue weighted by Gasteiger charge is -2.04. The Kier molecular flexibility index (Phi) is 3.32. The Morgan fingerprint density at radius 2 is 2.29 bits per heavy atom. The molecule has 0 fully saturated rings. The molecule has 14 heavy (non-hydrogen) atoms. The van der Waals surface area contributed by atoms with E-state index in [2.05, 4.69) is 4.98 Å². The third kappa shape index (κ3) is 2.15. The fourth-order valence-electron chi connectivity index (χ4n) is 0.766. The smallest absolute Gasteiger partial charge is 0.355 e. The lowest BCUT2D eigenvalue weighted by atomic mass is 10.3. The second-order valence-electron chi connectivity index (χ2n) is 2.59. The first-order valence-corrected chi connectivity index (χ1v) is 4.70. The van der Waals surface area contributed by atoms with E-state index in [-0.39, 0.29) is 16.5 Å². The third-order valence-electron chi connectivity index (χ3n) is 1.66. The standard InChI is InChI=1S/C8H9NO4S/c1-4(13-2)6(10)7-9-5(3-14-7)8(11)12/h3-4H,1-2H3,(H,11,12). The fourth-order valence-corrected chi connectivity index (χ4v) is 1.58. The minimum atomic E-state index is -1.13. The molecule has 0 aliphatic rings. The van der Waals surface area contributed by atoms with Gasteiger partial charge in [-0.1, -0.05) is 0 Å². The Morgan fingerprint density at radius 1 is 1.64 bits per heavy atom. The molecule has 1 aromatic heterocycles. The number of carboxylic acid groups (broad SMARTS) is 1. The summed E-state index contributed by atoms with van der Waals surface area (Å²) >= 11 is 1.01. The number of hydrogen-bond acceptors (Lipinski definition) is 5. The van der Waals surface area contributed by atoms with E-state index in [9.17, 15) is 9.59 Å². The molecule has 0 amide bonds. The van der Waals surface area contributed by atoms with Crippen LogP contribution in [0.4, 0.5) is 0 Å². The van der Waals surface area contributed by atoms with Gasteiger partial charge in [-0.25, -0.2) is 9.78 Å². The molecule has 1 unspecified atom stereocenters. The van der Waals surface area contributed by atoms with Gasteiger partial charge in [0.25, 0.3) is 0 Å². The highest BCUT2D eigenvalue weighted by molar-refractivity contribution is 7.12. The zero-order chi connectivity index (χ0) is 10.7. The summed E-state index contributed by atoms with van der Waals surface area (Å²) in [5.74, 6) is -1.43. The number of carbonyl (C=O) groups excluding carboxylic acids is 1. The number of hydrogen-bond donors (Lipinski definition) is 1. The van der Waals surface area contributed by atoms with Crippen LogP contribution in [0.5, 0.6) is 0 Å². The van der Waals surface area contributed by atoms with Gasteiger partial charge in [0.15, 0.2) is 10.7 Å². The Bertz CT molecular complexity index is 360. The van der Waals surface area contributed by atoms with Crippen LogP contribution in [0.1, 0.15) is 27.2 Å². The average Bonchev–Trinajstić information content (AvgIpc) is 2.64. The number of Topliss-reactive ketones (excluding diaryl/α,β-unsaturated/α-hetero) is 1. The van der Waals surface area contributed by atoms with Crippen molar-refractivity contribution >= 4 is 23.1 Å². The summed E-state index contributed by atoms with van der Waals surface area (Å²) in [6, 6.07) is 0. The molecule has 0 aliphatic heterocycles. The first kappa shape index (κ1) is 10.8. The summed E-state index contributed by atoms with van der Waals surface area (Å²) in [5.41, 5.74) is -0.110. The summed E-state index contributed by atoms with van der Waals surface area (Å²) in [6.45, 7) is 1.59. The van der Waals surface area contributed by atoms with Crippen LogP contribution in [0.2, 0.25) is 0 Å². The Labute approximate surface area is 84.3 Å². The largest absolute Gasteiger partial charge is 0.476 e. The van der Waals surface area contributed by atoms with E-state index in [1.54, 1.807) is 6.92 Å². The fraction of sp³-hybridized carbons (Fsp3) is 0.375. The maximum Gasteiger partial charge on any atom is 0.355 e. The minimum Gasteiger partial charge on any atom is -0.476 e. The maximum atomic E-state index is 11.4. The number of aromatic nitrogens is 1. The zero-order valence-electron chi connectivity index (χ0n) is 7.68. The lowest BCUT2D eigenvalue weighted by Crippen LogP contribution is -2.19. The predicted molar refractivity (Wildman–Crippen MR) is 49.9 cm³/mol. The normalized spacial score (nSPS) is 12.4. The molecule has 1 N–H and O–H groups in total. The van der Waals surface area contributed by atoms with Crippen LogP contribution in [-0.2, 0) is 4.74 Å². The molecule has 0 bridgehead atoms. The molecular weight excluding hydrogens is 206 g/mol. The van der Waals surface area contributed by atoms with Crippen LogP contribution >= 0.6 is 11.3 Å². The zero-order valence-corrected chi connectivity index (χ0v) is 8.50. The van der Waals surface area contributed by atoms with E-state index < -0.39 is 12.1 Å². The molecule has 0 aliphatic carbocycles. The number of carboxylic acids is 1. The van der Waals surface area contributed by atoms with Gasteiger partial charge in [0.1, 0.15) is 6.10 Å². The molecule has 5 nitrogen and oxygen atoms in total. The number of thiazole rings is 1. The lowest BCUT2D eigenvalue weighted by molar-refractivity contribution is 0.0654. The first-order chi connectivity index (χ1) is 6.56. The highest BCUT2D eigenvalue weighted by atomic mass is 32.1. The molecule has 0 saturated carbocycles. The van der Waals surface area contributed by atoms with Crippen molar-refractivity contribution in [1.82, 2.24) is 4.98 Å². The van der Waals surface area contributed by atoms with E-state index in [0.717, 1.165) is 11.3 Å². The number of carbonyl (C=O) groups is 2. The van der Waals surface area contributed by atoms with Crippen molar-refractivity contribution in [3.63, 3.8) is 0 Å².